The average Bonchev–Trinajstić information content (AvgIpc) is 2.30. The van der Waals surface area contributed by atoms with Gasteiger partial charge in [-0.1, -0.05) is 24.3 Å². The average molecular weight is 202 g/mol. The normalized spacial score (nSPS) is 20.3. The van der Waals surface area contributed by atoms with E-state index >= 15 is 0 Å². The van der Waals surface area contributed by atoms with Gasteiger partial charge < -0.3 is 10.6 Å². The van der Waals surface area contributed by atoms with Crippen LogP contribution in [0.25, 0.3) is 0 Å². The molecule has 2 N–H and O–H groups in total. The van der Waals surface area contributed by atoms with Crippen molar-refractivity contribution in [2.45, 2.75) is 6.42 Å². The molecule has 0 fully saturated rings. The molecule has 0 radical (unpaired) electrons. The van der Waals surface area contributed by atoms with Crippen LogP contribution in [0.2, 0.25) is 0 Å². The molecule has 1 aliphatic rings. The van der Waals surface area contributed by atoms with Gasteiger partial charge in [0.2, 0.25) is 5.91 Å². The lowest BCUT2D eigenvalue weighted by Gasteiger charge is -2.26. The van der Waals surface area contributed by atoms with Gasteiger partial charge in [-0.25, -0.2) is 0 Å². The molecular formula is C12H14N2O. The van der Waals surface area contributed by atoms with Crippen molar-refractivity contribution in [1.29, 1.82) is 0 Å². The summed E-state index contributed by atoms with van der Waals surface area (Å²) in [7, 11) is 0. The molecule has 1 unspecified atom stereocenters. The molecule has 3 nitrogen and oxygen atoms in total. The summed E-state index contributed by atoms with van der Waals surface area (Å²) in [4.78, 5) is 13.1. The van der Waals surface area contributed by atoms with Gasteiger partial charge in [-0.05, 0) is 18.6 Å². The molecule has 1 atom stereocenters. The van der Waals surface area contributed by atoms with Gasteiger partial charge >= 0.3 is 0 Å². The van der Waals surface area contributed by atoms with Crippen molar-refractivity contribution < 1.29 is 4.79 Å². The van der Waals surface area contributed by atoms with Crippen LogP contribution < -0.4 is 10.6 Å². The van der Waals surface area contributed by atoms with E-state index in [0.717, 1.165) is 18.7 Å². The maximum Gasteiger partial charge on any atom is 0.224 e. The number of nitrogens with two attached hydrogens (primary N) is 1. The highest BCUT2D eigenvalue weighted by Gasteiger charge is 2.17. The Morgan fingerprint density at radius 2 is 2.07 bits per heavy atom. The van der Waals surface area contributed by atoms with E-state index in [1.165, 1.54) is 0 Å². The summed E-state index contributed by atoms with van der Waals surface area (Å²) in [5.74, 6) is -0.344. The Hall–Kier alpha value is -1.77. The standard InChI is InChI=1S/C12H14N2O/c13-12(15)10-6-8-14(9-7-10)11-4-2-1-3-5-11/h1-6,8,10H,7,9H2,(H2,13,15). The third kappa shape index (κ3) is 2.18. The first-order valence-corrected chi connectivity index (χ1v) is 5.07. The summed E-state index contributed by atoms with van der Waals surface area (Å²) in [5.41, 5.74) is 6.39. The molecule has 3 heteroatoms. The first-order chi connectivity index (χ1) is 7.27. The number of hydrogen-bond donors (Lipinski definition) is 1. The summed E-state index contributed by atoms with van der Waals surface area (Å²) in [6.07, 6.45) is 4.60. The smallest absolute Gasteiger partial charge is 0.224 e. The van der Waals surface area contributed by atoms with E-state index in [2.05, 4.69) is 17.0 Å². The summed E-state index contributed by atoms with van der Waals surface area (Å²) in [6, 6.07) is 10.1. The number of carbonyl (C=O) groups excluding carboxylic acids is 1. The first-order valence-electron chi connectivity index (χ1n) is 5.07. The van der Waals surface area contributed by atoms with Crippen LogP contribution in [0.1, 0.15) is 6.42 Å². The molecule has 78 valence electrons. The second kappa shape index (κ2) is 4.17. The van der Waals surface area contributed by atoms with Gasteiger partial charge in [0, 0.05) is 18.4 Å². The Morgan fingerprint density at radius 3 is 2.60 bits per heavy atom. The Bertz CT molecular complexity index is 372. The number of benzene rings is 1. The topological polar surface area (TPSA) is 46.3 Å². The van der Waals surface area contributed by atoms with Crippen LogP contribution in [0.5, 0.6) is 0 Å². The van der Waals surface area contributed by atoms with Crippen molar-refractivity contribution in [3.05, 3.63) is 42.6 Å². The van der Waals surface area contributed by atoms with Gasteiger partial charge in [0.15, 0.2) is 0 Å². The number of amides is 1. The number of para-hydroxylation sites is 1. The van der Waals surface area contributed by atoms with Crippen molar-refractivity contribution in [2.24, 2.45) is 11.7 Å². The van der Waals surface area contributed by atoms with E-state index in [0.29, 0.717) is 0 Å². The molecular weight excluding hydrogens is 188 g/mol. The van der Waals surface area contributed by atoms with Crippen LogP contribution in [-0.2, 0) is 4.79 Å². The van der Waals surface area contributed by atoms with Crippen LogP contribution in [0.4, 0.5) is 5.69 Å². The lowest BCUT2D eigenvalue weighted by atomic mass is 10.0. The minimum atomic E-state index is -0.237. The fourth-order valence-electron chi connectivity index (χ4n) is 1.73. The molecule has 0 bridgehead atoms. The molecule has 0 saturated heterocycles. The lowest BCUT2D eigenvalue weighted by Crippen LogP contribution is -2.31. The number of carbonyl (C=O) groups is 1. The minimum Gasteiger partial charge on any atom is -0.369 e. The lowest BCUT2D eigenvalue weighted by molar-refractivity contribution is -0.120. The Balaban J connectivity index is 2.10. The number of primary amides is 1. The van der Waals surface area contributed by atoms with E-state index in [-0.39, 0.29) is 11.8 Å². The van der Waals surface area contributed by atoms with Crippen LogP contribution in [0.3, 0.4) is 0 Å². The maximum atomic E-state index is 10.9. The van der Waals surface area contributed by atoms with Crippen LogP contribution >= 0.6 is 0 Å². The highest BCUT2D eigenvalue weighted by molar-refractivity contribution is 5.79. The van der Waals surface area contributed by atoms with E-state index in [9.17, 15) is 4.79 Å². The number of hydrogen-bond acceptors (Lipinski definition) is 2. The molecule has 1 amide bonds. The van der Waals surface area contributed by atoms with E-state index in [4.69, 9.17) is 5.73 Å². The SMILES string of the molecule is NC(=O)C1C=CN(c2ccccc2)CC1. The van der Waals surface area contributed by atoms with Gasteiger partial charge in [0.05, 0.1) is 5.92 Å². The van der Waals surface area contributed by atoms with Crippen LogP contribution in [0.15, 0.2) is 42.6 Å². The largest absolute Gasteiger partial charge is 0.369 e. The zero-order chi connectivity index (χ0) is 10.7. The predicted molar refractivity (Wildman–Crippen MR) is 60.2 cm³/mol. The van der Waals surface area contributed by atoms with Gasteiger partial charge in [-0.2, -0.15) is 0 Å². The molecule has 1 aromatic rings. The van der Waals surface area contributed by atoms with Gasteiger partial charge in [-0.15, -0.1) is 0 Å². The fraction of sp³-hybridized carbons (Fsp3) is 0.250. The van der Waals surface area contributed by atoms with E-state index in [1.54, 1.807) is 0 Å². The molecule has 1 aliphatic heterocycles. The molecule has 0 aromatic heterocycles. The Kier molecular flexibility index (Phi) is 2.72. The predicted octanol–water partition coefficient (Wildman–Crippen LogP) is 1.51. The van der Waals surface area contributed by atoms with E-state index < -0.39 is 0 Å². The summed E-state index contributed by atoms with van der Waals surface area (Å²) < 4.78 is 0. The summed E-state index contributed by atoms with van der Waals surface area (Å²) in [6.45, 7) is 0.841. The highest BCUT2D eigenvalue weighted by Crippen LogP contribution is 2.20. The minimum absolute atomic E-state index is 0.107. The van der Waals surface area contributed by atoms with Gasteiger partial charge in [0.25, 0.3) is 0 Å². The maximum absolute atomic E-state index is 10.9. The van der Waals surface area contributed by atoms with Crippen molar-refractivity contribution >= 4 is 11.6 Å². The highest BCUT2D eigenvalue weighted by atomic mass is 16.1. The second-order valence-corrected chi connectivity index (χ2v) is 3.67. The first kappa shape index (κ1) is 9.77. The number of rotatable bonds is 2. The molecule has 0 aliphatic carbocycles. The molecule has 1 aromatic carbocycles. The molecule has 0 spiro atoms. The summed E-state index contributed by atoms with van der Waals surface area (Å²) in [5, 5.41) is 0. The Morgan fingerprint density at radius 1 is 1.33 bits per heavy atom. The molecule has 15 heavy (non-hydrogen) atoms. The second-order valence-electron chi connectivity index (χ2n) is 3.67. The van der Waals surface area contributed by atoms with Gasteiger partial charge in [-0.3, -0.25) is 4.79 Å². The molecule has 2 rings (SSSR count). The van der Waals surface area contributed by atoms with Crippen molar-refractivity contribution in [1.82, 2.24) is 0 Å². The number of nitrogens with zero attached hydrogens (tertiary/aromatic N) is 1. The quantitative estimate of drug-likeness (QED) is 0.790. The monoisotopic (exact) mass is 202 g/mol. The van der Waals surface area contributed by atoms with Crippen molar-refractivity contribution in [3.8, 4) is 0 Å². The van der Waals surface area contributed by atoms with Gasteiger partial charge in [0.1, 0.15) is 0 Å². The summed E-state index contributed by atoms with van der Waals surface area (Å²) >= 11 is 0. The number of anilines is 1. The van der Waals surface area contributed by atoms with Crippen LogP contribution in [-0.4, -0.2) is 12.5 Å². The zero-order valence-electron chi connectivity index (χ0n) is 8.47. The van der Waals surface area contributed by atoms with E-state index in [1.807, 2.05) is 30.5 Å². The van der Waals surface area contributed by atoms with Crippen LogP contribution in [0, 0.1) is 5.92 Å². The Labute approximate surface area is 89.2 Å². The molecule has 0 saturated carbocycles. The van der Waals surface area contributed by atoms with Crippen molar-refractivity contribution in [2.75, 3.05) is 11.4 Å². The third-order valence-corrected chi connectivity index (χ3v) is 2.63. The zero-order valence-corrected chi connectivity index (χ0v) is 8.47. The third-order valence-electron chi connectivity index (χ3n) is 2.63. The van der Waals surface area contributed by atoms with Crippen molar-refractivity contribution in [3.63, 3.8) is 0 Å². The molecule has 1 heterocycles. The fourth-order valence-corrected chi connectivity index (χ4v) is 1.73.